The number of aliphatic hydroxyl groups excluding tert-OH is 1. The summed E-state index contributed by atoms with van der Waals surface area (Å²) >= 11 is 0. The second-order valence-electron chi connectivity index (χ2n) is 4.64. The molecule has 100 valence electrons. The summed E-state index contributed by atoms with van der Waals surface area (Å²) in [4.78, 5) is 11.2. The highest BCUT2D eigenvalue weighted by atomic mass is 16.5. The molecule has 0 unspecified atom stereocenters. The summed E-state index contributed by atoms with van der Waals surface area (Å²) in [7, 11) is 1.33. The molecule has 0 radical (unpaired) electrons. The molecule has 1 heterocycles. The molecule has 0 bridgehead atoms. The van der Waals surface area contributed by atoms with Gasteiger partial charge in [-0.15, -0.1) is 0 Å². The van der Waals surface area contributed by atoms with E-state index in [-0.39, 0.29) is 11.9 Å². The Morgan fingerprint density at radius 1 is 1.44 bits per heavy atom. The molecule has 0 atom stereocenters. The normalized spacial score (nSPS) is 23.9. The highest BCUT2D eigenvalue weighted by molar-refractivity contribution is 5.86. The topological polar surface area (TPSA) is 71.7 Å². The summed E-state index contributed by atoms with van der Waals surface area (Å²) in [5.41, 5.74) is 0. The Bertz CT molecular complexity index is 393. The van der Waals surface area contributed by atoms with Crippen molar-refractivity contribution in [3.05, 3.63) is 23.7 Å². The monoisotopic (exact) mass is 253 g/mol. The molecule has 2 N–H and O–H groups in total. The van der Waals surface area contributed by atoms with E-state index in [1.807, 2.05) is 0 Å². The van der Waals surface area contributed by atoms with Crippen LogP contribution in [-0.4, -0.2) is 30.3 Å². The fourth-order valence-corrected chi connectivity index (χ4v) is 2.21. The first kappa shape index (κ1) is 13.1. The zero-order valence-corrected chi connectivity index (χ0v) is 10.5. The van der Waals surface area contributed by atoms with Crippen LogP contribution < -0.4 is 5.32 Å². The fraction of sp³-hybridized carbons (Fsp3) is 0.615. The van der Waals surface area contributed by atoms with E-state index < -0.39 is 5.97 Å². The summed E-state index contributed by atoms with van der Waals surface area (Å²) in [5.74, 6) is 0.497. The molecule has 1 aliphatic rings. The van der Waals surface area contributed by atoms with Gasteiger partial charge >= 0.3 is 5.97 Å². The van der Waals surface area contributed by atoms with Gasteiger partial charge in [-0.1, -0.05) is 0 Å². The highest BCUT2D eigenvalue weighted by Crippen LogP contribution is 2.19. The minimum atomic E-state index is -0.456. The molecule has 0 spiro atoms. The Morgan fingerprint density at radius 3 is 2.83 bits per heavy atom. The average molecular weight is 253 g/mol. The number of rotatable bonds is 4. The number of hydrogen-bond donors (Lipinski definition) is 2. The van der Waals surface area contributed by atoms with E-state index in [1.165, 1.54) is 7.11 Å². The summed E-state index contributed by atoms with van der Waals surface area (Å²) < 4.78 is 9.94. The molecule has 18 heavy (non-hydrogen) atoms. The van der Waals surface area contributed by atoms with Gasteiger partial charge in [0.05, 0.1) is 19.8 Å². The number of carbonyl (C=O) groups excluding carboxylic acids is 1. The van der Waals surface area contributed by atoms with E-state index in [4.69, 9.17) is 4.42 Å². The molecule has 0 aliphatic heterocycles. The van der Waals surface area contributed by atoms with Gasteiger partial charge in [0.15, 0.2) is 0 Å². The number of esters is 1. The molecule has 0 aromatic carbocycles. The standard InChI is InChI=1S/C13H19NO4/c1-17-13(16)12-7-6-11(18-12)8-14-9-2-4-10(15)5-3-9/h6-7,9-10,14-15H,2-5,8H2,1H3. The maximum atomic E-state index is 11.2. The van der Waals surface area contributed by atoms with E-state index in [0.29, 0.717) is 12.6 Å². The molecule has 1 saturated carbocycles. The SMILES string of the molecule is COC(=O)c1ccc(CNC2CCC(O)CC2)o1. The third kappa shape index (κ3) is 3.34. The van der Waals surface area contributed by atoms with Gasteiger partial charge in [0.25, 0.3) is 0 Å². The van der Waals surface area contributed by atoms with Crippen LogP contribution in [-0.2, 0) is 11.3 Å². The summed E-state index contributed by atoms with van der Waals surface area (Å²) in [6.07, 6.45) is 3.52. The predicted octanol–water partition coefficient (Wildman–Crippen LogP) is 1.46. The molecule has 5 nitrogen and oxygen atoms in total. The maximum Gasteiger partial charge on any atom is 0.373 e. The van der Waals surface area contributed by atoms with Crippen LogP contribution in [0.25, 0.3) is 0 Å². The van der Waals surface area contributed by atoms with Crippen molar-refractivity contribution >= 4 is 5.97 Å². The number of carbonyl (C=O) groups is 1. The lowest BCUT2D eigenvalue weighted by Crippen LogP contribution is -2.34. The van der Waals surface area contributed by atoms with Crippen molar-refractivity contribution in [2.45, 2.75) is 44.4 Å². The lowest BCUT2D eigenvalue weighted by molar-refractivity contribution is 0.0562. The Kier molecular flexibility index (Phi) is 4.38. The zero-order chi connectivity index (χ0) is 13.0. The molecule has 1 aliphatic carbocycles. The van der Waals surface area contributed by atoms with E-state index in [1.54, 1.807) is 12.1 Å². The van der Waals surface area contributed by atoms with E-state index in [2.05, 4.69) is 10.1 Å². The third-order valence-corrected chi connectivity index (χ3v) is 3.31. The largest absolute Gasteiger partial charge is 0.463 e. The second-order valence-corrected chi connectivity index (χ2v) is 4.64. The molecular weight excluding hydrogens is 234 g/mol. The van der Waals surface area contributed by atoms with Crippen LogP contribution in [0.1, 0.15) is 42.0 Å². The summed E-state index contributed by atoms with van der Waals surface area (Å²) in [6.45, 7) is 0.595. The van der Waals surface area contributed by atoms with Gasteiger partial charge in [0.2, 0.25) is 5.76 Å². The number of aliphatic hydroxyl groups is 1. The van der Waals surface area contributed by atoms with Crippen LogP contribution in [0.5, 0.6) is 0 Å². The molecular formula is C13H19NO4. The van der Waals surface area contributed by atoms with Gasteiger partial charge in [-0.2, -0.15) is 0 Å². The van der Waals surface area contributed by atoms with Crippen molar-refractivity contribution < 1.29 is 19.1 Å². The number of methoxy groups -OCH3 is 1. The fourth-order valence-electron chi connectivity index (χ4n) is 2.21. The number of furan rings is 1. The lowest BCUT2D eigenvalue weighted by atomic mass is 9.93. The van der Waals surface area contributed by atoms with Crippen molar-refractivity contribution in [3.8, 4) is 0 Å². The Hall–Kier alpha value is -1.33. The Balaban J connectivity index is 1.79. The molecule has 1 aromatic heterocycles. The first-order valence-electron chi connectivity index (χ1n) is 6.27. The van der Waals surface area contributed by atoms with Crippen LogP contribution in [0.2, 0.25) is 0 Å². The van der Waals surface area contributed by atoms with Crippen LogP contribution in [0.4, 0.5) is 0 Å². The molecule has 0 saturated heterocycles. The first-order chi connectivity index (χ1) is 8.69. The van der Waals surface area contributed by atoms with E-state index >= 15 is 0 Å². The Labute approximate surface area is 106 Å². The average Bonchev–Trinajstić information content (AvgIpc) is 2.86. The molecule has 1 fully saturated rings. The van der Waals surface area contributed by atoms with E-state index in [0.717, 1.165) is 31.4 Å². The van der Waals surface area contributed by atoms with Gasteiger partial charge in [0.1, 0.15) is 5.76 Å². The van der Waals surface area contributed by atoms with Gasteiger partial charge < -0.3 is 19.6 Å². The smallest absolute Gasteiger partial charge is 0.373 e. The highest BCUT2D eigenvalue weighted by Gasteiger charge is 2.19. The second kappa shape index (κ2) is 6.02. The zero-order valence-electron chi connectivity index (χ0n) is 10.5. The Morgan fingerprint density at radius 2 is 2.17 bits per heavy atom. The lowest BCUT2D eigenvalue weighted by Gasteiger charge is -2.25. The van der Waals surface area contributed by atoms with Crippen molar-refractivity contribution in [1.29, 1.82) is 0 Å². The van der Waals surface area contributed by atoms with Crippen LogP contribution >= 0.6 is 0 Å². The first-order valence-corrected chi connectivity index (χ1v) is 6.27. The van der Waals surface area contributed by atoms with E-state index in [9.17, 15) is 9.90 Å². The number of hydrogen-bond acceptors (Lipinski definition) is 5. The van der Waals surface area contributed by atoms with Crippen LogP contribution in [0.3, 0.4) is 0 Å². The van der Waals surface area contributed by atoms with Crippen molar-refractivity contribution in [1.82, 2.24) is 5.32 Å². The molecule has 1 aromatic rings. The maximum absolute atomic E-state index is 11.2. The molecule has 5 heteroatoms. The quantitative estimate of drug-likeness (QED) is 0.795. The minimum Gasteiger partial charge on any atom is -0.463 e. The van der Waals surface area contributed by atoms with Gasteiger partial charge in [-0.25, -0.2) is 4.79 Å². The van der Waals surface area contributed by atoms with Crippen LogP contribution in [0, 0.1) is 0 Å². The van der Waals surface area contributed by atoms with Crippen molar-refractivity contribution in [2.75, 3.05) is 7.11 Å². The molecule has 2 rings (SSSR count). The summed E-state index contributed by atoms with van der Waals surface area (Å²) in [5, 5.41) is 12.8. The van der Waals surface area contributed by atoms with Crippen molar-refractivity contribution in [3.63, 3.8) is 0 Å². The predicted molar refractivity (Wildman–Crippen MR) is 65.2 cm³/mol. The van der Waals surface area contributed by atoms with Gasteiger partial charge in [0, 0.05) is 6.04 Å². The summed E-state index contributed by atoms with van der Waals surface area (Å²) in [6, 6.07) is 3.81. The van der Waals surface area contributed by atoms with Crippen molar-refractivity contribution in [2.24, 2.45) is 0 Å². The number of ether oxygens (including phenoxy) is 1. The third-order valence-electron chi connectivity index (χ3n) is 3.31. The number of nitrogens with one attached hydrogen (secondary N) is 1. The van der Waals surface area contributed by atoms with Crippen LogP contribution in [0.15, 0.2) is 16.5 Å². The molecule has 0 amide bonds. The van der Waals surface area contributed by atoms with Gasteiger partial charge in [-0.3, -0.25) is 0 Å². The van der Waals surface area contributed by atoms with Gasteiger partial charge in [-0.05, 0) is 37.8 Å². The minimum absolute atomic E-state index is 0.141.